The maximum Gasteiger partial charge on any atom is 0.193 e. The molecule has 2 rings (SSSR count). The molecule has 2 aromatic rings. The van der Waals surface area contributed by atoms with Crippen molar-refractivity contribution in [3.05, 3.63) is 39.5 Å². The molecule has 20 heavy (non-hydrogen) atoms. The molecule has 0 saturated carbocycles. The quantitative estimate of drug-likeness (QED) is 0.878. The standard InChI is InChI=1S/C14H19Cl2N3O/c1-4-7-17-11(12-5-6-13(15)20-12)8-10-9(2)18-19(3)14(10)16/h5-6,11,17H,4,7-8H2,1-3H3. The number of hydrogen-bond donors (Lipinski definition) is 1. The molecule has 0 aliphatic carbocycles. The third-order valence-electron chi connectivity index (χ3n) is 3.26. The predicted molar refractivity (Wildman–Crippen MR) is 81.4 cm³/mol. The number of rotatable bonds is 6. The van der Waals surface area contributed by atoms with Crippen LogP contribution < -0.4 is 5.32 Å². The third kappa shape index (κ3) is 3.37. The highest BCUT2D eigenvalue weighted by Crippen LogP contribution is 2.27. The Hall–Kier alpha value is -0.970. The number of hydrogen-bond acceptors (Lipinski definition) is 3. The summed E-state index contributed by atoms with van der Waals surface area (Å²) in [6.07, 6.45) is 1.77. The Bertz CT molecular complexity index is 577. The van der Waals surface area contributed by atoms with E-state index >= 15 is 0 Å². The van der Waals surface area contributed by atoms with Crippen molar-refractivity contribution in [1.29, 1.82) is 0 Å². The molecular formula is C14H19Cl2N3O. The fourth-order valence-corrected chi connectivity index (χ4v) is 2.62. The Morgan fingerprint density at radius 2 is 2.15 bits per heavy atom. The largest absolute Gasteiger partial charge is 0.448 e. The molecule has 0 aliphatic heterocycles. The molecule has 1 N–H and O–H groups in total. The summed E-state index contributed by atoms with van der Waals surface area (Å²) in [5.41, 5.74) is 1.98. The normalized spacial score (nSPS) is 12.8. The van der Waals surface area contributed by atoms with Crippen LogP contribution in [-0.4, -0.2) is 16.3 Å². The van der Waals surface area contributed by atoms with Gasteiger partial charge in [-0.2, -0.15) is 5.10 Å². The summed E-state index contributed by atoms with van der Waals surface area (Å²) in [4.78, 5) is 0. The maximum absolute atomic E-state index is 6.30. The van der Waals surface area contributed by atoms with Crippen LogP contribution in [0.5, 0.6) is 0 Å². The first kappa shape index (κ1) is 15.4. The van der Waals surface area contributed by atoms with Gasteiger partial charge in [-0.1, -0.05) is 18.5 Å². The molecule has 0 aromatic carbocycles. The van der Waals surface area contributed by atoms with Crippen LogP contribution in [0.3, 0.4) is 0 Å². The number of aryl methyl sites for hydroxylation is 2. The van der Waals surface area contributed by atoms with Gasteiger partial charge in [-0.15, -0.1) is 0 Å². The van der Waals surface area contributed by atoms with Crippen LogP contribution in [0.4, 0.5) is 0 Å². The van der Waals surface area contributed by atoms with Crippen LogP contribution in [-0.2, 0) is 13.5 Å². The van der Waals surface area contributed by atoms with Crippen LogP contribution in [0.15, 0.2) is 16.5 Å². The minimum atomic E-state index is 0.0443. The van der Waals surface area contributed by atoms with Gasteiger partial charge in [-0.05, 0) is 50.0 Å². The van der Waals surface area contributed by atoms with Gasteiger partial charge in [-0.25, -0.2) is 0 Å². The molecule has 0 aliphatic rings. The SMILES string of the molecule is CCCNC(Cc1c(C)nn(C)c1Cl)c1ccc(Cl)o1. The van der Waals surface area contributed by atoms with Gasteiger partial charge < -0.3 is 9.73 Å². The predicted octanol–water partition coefficient (Wildman–Crippen LogP) is 3.91. The first-order chi connectivity index (χ1) is 9.52. The Labute approximate surface area is 129 Å². The molecule has 110 valence electrons. The lowest BCUT2D eigenvalue weighted by atomic mass is 10.0. The summed E-state index contributed by atoms with van der Waals surface area (Å²) in [6.45, 7) is 4.99. The lowest BCUT2D eigenvalue weighted by Gasteiger charge is -2.16. The Kier molecular flexibility index (Phi) is 5.13. The number of nitrogens with zero attached hydrogens (tertiary/aromatic N) is 2. The molecule has 6 heteroatoms. The van der Waals surface area contributed by atoms with E-state index in [0.717, 1.165) is 36.4 Å². The first-order valence-corrected chi connectivity index (χ1v) is 7.45. The van der Waals surface area contributed by atoms with Gasteiger partial charge in [0.25, 0.3) is 0 Å². The van der Waals surface area contributed by atoms with Crippen molar-refractivity contribution in [2.75, 3.05) is 6.54 Å². The lowest BCUT2D eigenvalue weighted by molar-refractivity contribution is 0.411. The van der Waals surface area contributed by atoms with Crippen LogP contribution >= 0.6 is 23.2 Å². The molecule has 0 amide bonds. The van der Waals surface area contributed by atoms with Gasteiger partial charge in [0.2, 0.25) is 0 Å². The zero-order valence-corrected chi connectivity index (χ0v) is 13.4. The van der Waals surface area contributed by atoms with Crippen molar-refractivity contribution in [2.45, 2.75) is 32.7 Å². The summed E-state index contributed by atoms with van der Waals surface area (Å²) < 4.78 is 7.23. The van der Waals surface area contributed by atoms with E-state index in [-0.39, 0.29) is 6.04 Å². The molecule has 4 nitrogen and oxygen atoms in total. The summed E-state index contributed by atoms with van der Waals surface area (Å²) >= 11 is 12.2. The molecule has 2 aromatic heterocycles. The van der Waals surface area contributed by atoms with E-state index in [4.69, 9.17) is 27.6 Å². The van der Waals surface area contributed by atoms with Crippen molar-refractivity contribution < 1.29 is 4.42 Å². The number of aromatic nitrogens is 2. The monoisotopic (exact) mass is 315 g/mol. The highest BCUT2D eigenvalue weighted by Gasteiger charge is 2.20. The number of nitrogens with one attached hydrogen (secondary N) is 1. The van der Waals surface area contributed by atoms with Gasteiger partial charge in [0.15, 0.2) is 5.22 Å². The van der Waals surface area contributed by atoms with Gasteiger partial charge in [0, 0.05) is 12.6 Å². The summed E-state index contributed by atoms with van der Waals surface area (Å²) in [5.74, 6) is 0.822. The zero-order valence-electron chi connectivity index (χ0n) is 11.9. The van der Waals surface area contributed by atoms with E-state index in [1.165, 1.54) is 0 Å². The fourth-order valence-electron chi connectivity index (χ4n) is 2.22. The summed E-state index contributed by atoms with van der Waals surface area (Å²) in [6, 6.07) is 3.70. The van der Waals surface area contributed by atoms with Crippen molar-refractivity contribution >= 4 is 23.2 Å². The third-order valence-corrected chi connectivity index (χ3v) is 3.93. The summed E-state index contributed by atoms with van der Waals surface area (Å²) in [7, 11) is 1.84. The molecule has 0 bridgehead atoms. The Balaban J connectivity index is 2.23. The molecule has 0 spiro atoms. The lowest BCUT2D eigenvalue weighted by Crippen LogP contribution is -2.24. The van der Waals surface area contributed by atoms with E-state index < -0.39 is 0 Å². The van der Waals surface area contributed by atoms with Crippen molar-refractivity contribution in [3.63, 3.8) is 0 Å². The second kappa shape index (κ2) is 6.66. The molecule has 1 unspecified atom stereocenters. The fraction of sp³-hybridized carbons (Fsp3) is 0.500. The smallest absolute Gasteiger partial charge is 0.193 e. The zero-order chi connectivity index (χ0) is 14.7. The Morgan fingerprint density at radius 1 is 1.40 bits per heavy atom. The van der Waals surface area contributed by atoms with Crippen LogP contribution in [0, 0.1) is 6.92 Å². The van der Waals surface area contributed by atoms with Crippen molar-refractivity contribution in [3.8, 4) is 0 Å². The molecule has 0 saturated heterocycles. The van der Waals surface area contributed by atoms with Crippen molar-refractivity contribution in [1.82, 2.24) is 15.1 Å². The van der Waals surface area contributed by atoms with Gasteiger partial charge in [0.05, 0.1) is 11.7 Å². The molecule has 2 heterocycles. The average molecular weight is 316 g/mol. The van der Waals surface area contributed by atoms with Crippen LogP contribution in [0.25, 0.3) is 0 Å². The highest BCUT2D eigenvalue weighted by atomic mass is 35.5. The maximum atomic E-state index is 6.30. The van der Waals surface area contributed by atoms with E-state index in [1.54, 1.807) is 10.7 Å². The average Bonchev–Trinajstić information content (AvgIpc) is 2.93. The molecule has 0 fully saturated rings. The second-order valence-electron chi connectivity index (χ2n) is 4.83. The second-order valence-corrected chi connectivity index (χ2v) is 5.56. The van der Waals surface area contributed by atoms with Gasteiger partial charge >= 0.3 is 0 Å². The van der Waals surface area contributed by atoms with E-state index in [0.29, 0.717) is 10.4 Å². The molecular weight excluding hydrogens is 297 g/mol. The minimum Gasteiger partial charge on any atom is -0.448 e. The van der Waals surface area contributed by atoms with E-state index in [9.17, 15) is 0 Å². The number of furan rings is 1. The van der Waals surface area contributed by atoms with Gasteiger partial charge in [0.1, 0.15) is 10.9 Å². The Morgan fingerprint density at radius 3 is 2.65 bits per heavy atom. The van der Waals surface area contributed by atoms with Crippen LogP contribution in [0.1, 0.15) is 36.4 Å². The minimum absolute atomic E-state index is 0.0443. The highest BCUT2D eigenvalue weighted by molar-refractivity contribution is 6.30. The topological polar surface area (TPSA) is 43.0 Å². The van der Waals surface area contributed by atoms with Crippen molar-refractivity contribution in [2.24, 2.45) is 7.05 Å². The van der Waals surface area contributed by atoms with Gasteiger partial charge in [-0.3, -0.25) is 4.68 Å². The van der Waals surface area contributed by atoms with E-state index in [1.807, 2.05) is 20.0 Å². The first-order valence-electron chi connectivity index (χ1n) is 6.69. The van der Waals surface area contributed by atoms with Crippen LogP contribution in [0.2, 0.25) is 10.4 Å². The number of halogens is 2. The van der Waals surface area contributed by atoms with E-state index in [2.05, 4.69) is 17.3 Å². The molecule has 1 atom stereocenters. The summed E-state index contributed by atoms with van der Waals surface area (Å²) in [5, 5.41) is 8.88. The molecule has 0 radical (unpaired) electrons.